The Bertz CT molecular complexity index is 551. The lowest BCUT2D eigenvalue weighted by Crippen LogP contribution is -2.10. The van der Waals surface area contributed by atoms with E-state index in [1.54, 1.807) is 31.1 Å². The predicted octanol–water partition coefficient (Wildman–Crippen LogP) is 1.93. The van der Waals surface area contributed by atoms with Crippen LogP contribution in [-0.2, 0) is 16.4 Å². The Kier molecular flexibility index (Phi) is 5.35. The summed E-state index contributed by atoms with van der Waals surface area (Å²) in [5, 5.41) is 0. The van der Waals surface area contributed by atoms with E-state index in [9.17, 15) is 8.42 Å². The lowest BCUT2D eigenvalue weighted by molar-refractivity contribution is 0.402. The second kappa shape index (κ2) is 6.56. The summed E-state index contributed by atoms with van der Waals surface area (Å²) in [6.07, 6.45) is 3.04. The first-order valence-electron chi connectivity index (χ1n) is 6.04. The molecular formula is C13H20N2O3S. The number of ether oxygens (including phenoxy) is 1. The summed E-state index contributed by atoms with van der Waals surface area (Å²) in [7, 11) is 1.14. The van der Waals surface area contributed by atoms with Crippen molar-refractivity contribution in [3.63, 3.8) is 0 Å². The van der Waals surface area contributed by atoms with Crippen molar-refractivity contribution in [1.82, 2.24) is 4.90 Å². The first kappa shape index (κ1) is 15.5. The van der Waals surface area contributed by atoms with Crippen molar-refractivity contribution in [2.24, 2.45) is 4.40 Å². The second-order valence-corrected chi connectivity index (χ2v) is 6.00. The van der Waals surface area contributed by atoms with Gasteiger partial charge in [-0.2, -0.15) is 8.42 Å². The molecule has 1 aromatic rings. The maximum Gasteiger partial charge on any atom is 0.287 e. The third kappa shape index (κ3) is 4.24. The minimum Gasteiger partial charge on any atom is -0.495 e. The molecule has 0 aliphatic carbocycles. The Hall–Kier alpha value is -1.56. The van der Waals surface area contributed by atoms with Gasteiger partial charge in [0.15, 0.2) is 0 Å². The molecule has 0 radical (unpaired) electrons. The fraction of sp³-hybridized carbons (Fsp3) is 0.462. The van der Waals surface area contributed by atoms with Gasteiger partial charge in [-0.25, -0.2) is 0 Å². The zero-order valence-corrected chi connectivity index (χ0v) is 12.6. The first-order valence-corrected chi connectivity index (χ1v) is 7.48. The molecule has 106 valence electrons. The van der Waals surface area contributed by atoms with Crippen molar-refractivity contribution >= 4 is 16.4 Å². The Morgan fingerprint density at radius 3 is 2.58 bits per heavy atom. The van der Waals surface area contributed by atoms with Crippen LogP contribution in [0.5, 0.6) is 5.75 Å². The molecule has 0 unspecified atom stereocenters. The molecule has 0 bridgehead atoms. The number of methoxy groups -OCH3 is 1. The molecule has 0 heterocycles. The summed E-state index contributed by atoms with van der Waals surface area (Å²) >= 11 is 0. The van der Waals surface area contributed by atoms with Gasteiger partial charge in [0.05, 0.1) is 7.11 Å². The quantitative estimate of drug-likeness (QED) is 0.591. The van der Waals surface area contributed by atoms with Crippen LogP contribution in [0.25, 0.3) is 0 Å². The van der Waals surface area contributed by atoms with Crippen molar-refractivity contribution < 1.29 is 13.2 Å². The number of sulfonamides is 1. The topological polar surface area (TPSA) is 59.0 Å². The largest absolute Gasteiger partial charge is 0.495 e. The highest BCUT2D eigenvalue weighted by molar-refractivity contribution is 7.90. The minimum absolute atomic E-state index is 0.110. The van der Waals surface area contributed by atoms with Gasteiger partial charge in [-0.3, -0.25) is 0 Å². The molecule has 0 saturated heterocycles. The number of rotatable bonds is 6. The molecule has 0 aliphatic rings. The predicted molar refractivity (Wildman–Crippen MR) is 76.4 cm³/mol. The third-order valence-electron chi connectivity index (χ3n) is 2.46. The van der Waals surface area contributed by atoms with E-state index in [-0.39, 0.29) is 4.90 Å². The van der Waals surface area contributed by atoms with Crippen LogP contribution in [0.4, 0.5) is 0 Å². The highest BCUT2D eigenvalue weighted by atomic mass is 32.2. The smallest absolute Gasteiger partial charge is 0.287 e. The molecule has 0 spiro atoms. The molecule has 1 rings (SSSR count). The van der Waals surface area contributed by atoms with E-state index < -0.39 is 10.0 Å². The second-order valence-electron chi connectivity index (χ2n) is 4.39. The Morgan fingerprint density at radius 2 is 2.05 bits per heavy atom. The lowest BCUT2D eigenvalue weighted by Gasteiger charge is -2.09. The first-order chi connectivity index (χ1) is 8.90. The maximum absolute atomic E-state index is 12.2. The molecule has 0 aliphatic heterocycles. The van der Waals surface area contributed by atoms with E-state index in [1.807, 2.05) is 13.0 Å². The van der Waals surface area contributed by atoms with Crippen molar-refractivity contribution in [3.05, 3.63) is 23.8 Å². The average Bonchev–Trinajstić information content (AvgIpc) is 2.37. The van der Waals surface area contributed by atoms with Crippen LogP contribution in [0.15, 0.2) is 27.5 Å². The van der Waals surface area contributed by atoms with Gasteiger partial charge in [-0.1, -0.05) is 19.4 Å². The van der Waals surface area contributed by atoms with Gasteiger partial charge in [0, 0.05) is 14.1 Å². The number of nitrogens with zero attached hydrogens (tertiary/aromatic N) is 2. The van der Waals surface area contributed by atoms with E-state index in [4.69, 9.17) is 4.74 Å². The normalized spacial score (nSPS) is 11.8. The molecule has 6 heteroatoms. The van der Waals surface area contributed by atoms with Crippen LogP contribution in [-0.4, -0.2) is 40.9 Å². The van der Waals surface area contributed by atoms with Crippen LogP contribution in [0.1, 0.15) is 18.9 Å². The summed E-state index contributed by atoms with van der Waals surface area (Å²) in [5.41, 5.74) is 0.960. The summed E-state index contributed by atoms with van der Waals surface area (Å²) in [6.45, 7) is 2.04. The fourth-order valence-corrected chi connectivity index (χ4v) is 2.71. The van der Waals surface area contributed by atoms with Crippen molar-refractivity contribution in [2.75, 3.05) is 21.2 Å². The SMILES string of the molecule is CCCc1ccc(OC)c(S(=O)(=O)N=CN(C)C)c1. The van der Waals surface area contributed by atoms with Crippen molar-refractivity contribution in [3.8, 4) is 5.75 Å². The molecule has 0 fully saturated rings. The highest BCUT2D eigenvalue weighted by Gasteiger charge is 2.18. The zero-order chi connectivity index (χ0) is 14.5. The van der Waals surface area contributed by atoms with Crippen LogP contribution in [0.3, 0.4) is 0 Å². The summed E-state index contributed by atoms with van der Waals surface area (Å²) in [6, 6.07) is 5.17. The van der Waals surface area contributed by atoms with Crippen molar-refractivity contribution in [1.29, 1.82) is 0 Å². The van der Waals surface area contributed by atoms with Gasteiger partial charge < -0.3 is 9.64 Å². The van der Waals surface area contributed by atoms with E-state index >= 15 is 0 Å². The van der Waals surface area contributed by atoms with E-state index in [0.29, 0.717) is 5.75 Å². The van der Waals surface area contributed by atoms with Gasteiger partial charge in [-0.05, 0) is 24.1 Å². The van der Waals surface area contributed by atoms with E-state index in [1.165, 1.54) is 13.4 Å². The maximum atomic E-state index is 12.2. The molecule has 0 amide bonds. The summed E-state index contributed by atoms with van der Waals surface area (Å²) < 4.78 is 33.1. The Morgan fingerprint density at radius 1 is 1.37 bits per heavy atom. The number of aryl methyl sites for hydroxylation is 1. The van der Waals surface area contributed by atoms with E-state index in [0.717, 1.165) is 18.4 Å². The zero-order valence-electron chi connectivity index (χ0n) is 11.8. The minimum atomic E-state index is -3.74. The summed E-state index contributed by atoms with van der Waals surface area (Å²) in [4.78, 5) is 1.68. The van der Waals surface area contributed by atoms with Gasteiger partial charge in [0.25, 0.3) is 10.0 Å². The summed E-state index contributed by atoms with van der Waals surface area (Å²) in [5.74, 6) is 0.316. The van der Waals surface area contributed by atoms with Crippen LogP contribution in [0.2, 0.25) is 0 Å². The standard InChI is InChI=1S/C13H20N2O3S/c1-5-6-11-7-8-12(18-4)13(9-11)19(16,17)14-10-15(2)3/h7-10H,5-6H2,1-4H3. The molecule has 19 heavy (non-hydrogen) atoms. The van der Waals surface area contributed by atoms with Gasteiger partial charge in [0.1, 0.15) is 17.0 Å². The number of benzene rings is 1. The van der Waals surface area contributed by atoms with Gasteiger partial charge in [-0.15, -0.1) is 4.40 Å². The number of hydrogen-bond acceptors (Lipinski definition) is 3. The van der Waals surface area contributed by atoms with Gasteiger partial charge in [0.2, 0.25) is 0 Å². The van der Waals surface area contributed by atoms with Crippen LogP contribution < -0.4 is 4.74 Å². The molecular weight excluding hydrogens is 264 g/mol. The van der Waals surface area contributed by atoms with Gasteiger partial charge >= 0.3 is 0 Å². The van der Waals surface area contributed by atoms with Crippen molar-refractivity contribution in [2.45, 2.75) is 24.7 Å². The molecule has 0 atom stereocenters. The van der Waals surface area contributed by atoms with Crippen LogP contribution in [0, 0.1) is 0 Å². The Balaban J connectivity index is 3.26. The van der Waals surface area contributed by atoms with Crippen LogP contribution >= 0.6 is 0 Å². The van der Waals surface area contributed by atoms with E-state index in [2.05, 4.69) is 4.40 Å². The third-order valence-corrected chi connectivity index (χ3v) is 3.71. The highest BCUT2D eigenvalue weighted by Crippen LogP contribution is 2.26. The molecule has 0 saturated carbocycles. The Labute approximate surface area is 115 Å². The average molecular weight is 284 g/mol. The molecule has 1 aromatic carbocycles. The molecule has 5 nitrogen and oxygen atoms in total. The fourth-order valence-electron chi connectivity index (χ4n) is 1.58. The lowest BCUT2D eigenvalue weighted by atomic mass is 10.1. The monoisotopic (exact) mass is 284 g/mol. The number of hydrogen-bond donors (Lipinski definition) is 0. The molecule has 0 N–H and O–H groups in total. The molecule has 0 aromatic heterocycles.